The molecule has 138 valence electrons. The average Bonchev–Trinajstić information content (AvgIpc) is 3.29. The summed E-state index contributed by atoms with van der Waals surface area (Å²) in [6.45, 7) is 2.78. The van der Waals surface area contributed by atoms with E-state index in [1.165, 1.54) is 6.33 Å². The Balaban J connectivity index is 1.55. The number of aromatic nitrogens is 4. The van der Waals surface area contributed by atoms with Gasteiger partial charge >= 0.3 is 0 Å². The highest BCUT2D eigenvalue weighted by Gasteiger charge is 2.32. The number of pyridine rings is 1. The monoisotopic (exact) mass is 411 g/mol. The molecule has 26 heavy (non-hydrogen) atoms. The molecule has 7 nitrogen and oxygen atoms in total. The minimum Gasteiger partial charge on any atom is -0.221 e. The SMILES string of the molecule is Cc1cc(S(=O)(=O)N2CCC(c3cn4ncnc4cc3CCl)CC2)sn1. The Hall–Kier alpha value is -1.55. The molecule has 0 atom stereocenters. The second-order valence-corrected chi connectivity index (χ2v) is 9.65. The van der Waals surface area contributed by atoms with Gasteiger partial charge in [0.05, 0.1) is 5.69 Å². The molecule has 1 aliphatic heterocycles. The Morgan fingerprint density at radius 1 is 1.31 bits per heavy atom. The second kappa shape index (κ2) is 6.88. The first-order valence-corrected chi connectivity index (χ1v) is 11.1. The lowest BCUT2D eigenvalue weighted by molar-refractivity contribution is 0.319. The smallest absolute Gasteiger partial charge is 0.221 e. The molecule has 0 saturated carbocycles. The van der Waals surface area contributed by atoms with Crippen molar-refractivity contribution in [2.45, 2.75) is 35.8 Å². The molecule has 0 aliphatic carbocycles. The van der Waals surface area contributed by atoms with Gasteiger partial charge in [-0.25, -0.2) is 17.9 Å². The minimum atomic E-state index is -3.45. The Labute approximate surface area is 160 Å². The summed E-state index contributed by atoms with van der Waals surface area (Å²) >= 11 is 7.17. The first-order chi connectivity index (χ1) is 12.5. The van der Waals surface area contributed by atoms with E-state index in [0.29, 0.717) is 23.2 Å². The summed E-state index contributed by atoms with van der Waals surface area (Å²) in [6, 6.07) is 3.59. The largest absolute Gasteiger partial charge is 0.254 e. The molecule has 0 spiro atoms. The minimum absolute atomic E-state index is 0.256. The maximum atomic E-state index is 12.8. The highest BCUT2D eigenvalue weighted by Crippen LogP contribution is 2.34. The van der Waals surface area contributed by atoms with Gasteiger partial charge in [0.15, 0.2) is 9.86 Å². The molecule has 4 rings (SSSR count). The third-order valence-corrected chi connectivity index (χ3v) is 8.27. The predicted octanol–water partition coefficient (Wildman–Crippen LogP) is 2.80. The van der Waals surface area contributed by atoms with Crippen molar-refractivity contribution in [1.82, 2.24) is 23.3 Å². The molecule has 1 aliphatic rings. The van der Waals surface area contributed by atoms with Crippen LogP contribution in [0.5, 0.6) is 0 Å². The molecular weight excluding hydrogens is 394 g/mol. The Kier molecular flexibility index (Phi) is 4.72. The molecule has 3 aromatic rings. The van der Waals surface area contributed by atoms with E-state index in [1.54, 1.807) is 21.8 Å². The van der Waals surface area contributed by atoms with Crippen LogP contribution in [0.1, 0.15) is 35.6 Å². The van der Waals surface area contributed by atoms with E-state index in [0.717, 1.165) is 46.8 Å². The molecule has 3 aromatic heterocycles. The molecule has 1 saturated heterocycles. The average molecular weight is 412 g/mol. The van der Waals surface area contributed by atoms with Crippen LogP contribution in [0.3, 0.4) is 0 Å². The normalized spacial score (nSPS) is 17.2. The Morgan fingerprint density at radius 2 is 2.08 bits per heavy atom. The molecule has 0 bridgehead atoms. The number of hydrogen-bond acceptors (Lipinski definition) is 6. The summed E-state index contributed by atoms with van der Waals surface area (Å²) < 4.78 is 33.2. The van der Waals surface area contributed by atoms with Crippen LogP contribution in [-0.4, -0.2) is 44.8 Å². The molecule has 0 amide bonds. The van der Waals surface area contributed by atoms with Crippen molar-refractivity contribution in [3.8, 4) is 0 Å². The summed E-state index contributed by atoms with van der Waals surface area (Å²) in [4.78, 5) is 4.19. The van der Waals surface area contributed by atoms with Gasteiger partial charge in [-0.2, -0.15) is 13.8 Å². The third-order valence-electron chi connectivity index (χ3n) is 4.77. The number of aryl methyl sites for hydroxylation is 1. The topological polar surface area (TPSA) is 80.5 Å². The van der Waals surface area contributed by atoms with Gasteiger partial charge in [-0.05, 0) is 60.5 Å². The van der Waals surface area contributed by atoms with E-state index < -0.39 is 10.0 Å². The van der Waals surface area contributed by atoms with Crippen LogP contribution in [0.2, 0.25) is 0 Å². The first-order valence-electron chi connectivity index (χ1n) is 8.30. The number of fused-ring (bicyclic) bond motifs is 1. The van der Waals surface area contributed by atoms with Gasteiger partial charge in [0.25, 0.3) is 10.0 Å². The Bertz CT molecular complexity index is 1040. The summed E-state index contributed by atoms with van der Waals surface area (Å²) in [7, 11) is -3.45. The molecule has 0 aromatic carbocycles. The zero-order chi connectivity index (χ0) is 18.3. The van der Waals surface area contributed by atoms with E-state index in [-0.39, 0.29) is 5.92 Å². The van der Waals surface area contributed by atoms with Crippen molar-refractivity contribution >= 4 is 38.8 Å². The zero-order valence-corrected chi connectivity index (χ0v) is 16.6. The lowest BCUT2D eigenvalue weighted by atomic mass is 9.89. The van der Waals surface area contributed by atoms with Gasteiger partial charge in [-0.15, -0.1) is 11.6 Å². The summed E-state index contributed by atoms with van der Waals surface area (Å²) in [5.41, 5.74) is 3.66. The zero-order valence-electron chi connectivity index (χ0n) is 14.2. The maximum Gasteiger partial charge on any atom is 0.254 e. The van der Waals surface area contributed by atoms with Gasteiger partial charge < -0.3 is 0 Å². The maximum absolute atomic E-state index is 12.8. The van der Waals surface area contributed by atoms with E-state index in [1.807, 2.05) is 12.3 Å². The number of rotatable bonds is 4. The molecule has 0 radical (unpaired) electrons. The van der Waals surface area contributed by atoms with Crippen LogP contribution in [0, 0.1) is 6.92 Å². The van der Waals surface area contributed by atoms with Crippen molar-refractivity contribution in [3.05, 3.63) is 41.5 Å². The molecule has 4 heterocycles. The number of sulfonamides is 1. The number of alkyl halides is 1. The summed E-state index contributed by atoms with van der Waals surface area (Å²) in [5, 5.41) is 4.20. The van der Waals surface area contributed by atoms with Crippen LogP contribution in [0.15, 0.2) is 28.9 Å². The number of nitrogens with zero attached hydrogens (tertiary/aromatic N) is 5. The van der Waals surface area contributed by atoms with Crippen molar-refractivity contribution in [2.75, 3.05) is 13.1 Å². The second-order valence-electron chi connectivity index (χ2n) is 6.42. The number of halogens is 1. The quantitative estimate of drug-likeness (QED) is 0.616. The van der Waals surface area contributed by atoms with Gasteiger partial charge in [0.2, 0.25) is 0 Å². The van der Waals surface area contributed by atoms with E-state index >= 15 is 0 Å². The first kappa shape index (κ1) is 17.8. The molecular formula is C16H18ClN5O2S2. The van der Waals surface area contributed by atoms with Crippen molar-refractivity contribution < 1.29 is 8.42 Å². The predicted molar refractivity (Wildman–Crippen MR) is 100 cm³/mol. The lowest BCUT2D eigenvalue weighted by Gasteiger charge is -2.31. The van der Waals surface area contributed by atoms with Gasteiger partial charge in [0.1, 0.15) is 6.33 Å². The molecule has 10 heteroatoms. The van der Waals surface area contributed by atoms with Crippen LogP contribution in [0.4, 0.5) is 0 Å². The van der Waals surface area contributed by atoms with Gasteiger partial charge in [0, 0.05) is 25.2 Å². The summed E-state index contributed by atoms with van der Waals surface area (Å²) in [5.74, 6) is 0.657. The fourth-order valence-electron chi connectivity index (χ4n) is 3.40. The van der Waals surface area contributed by atoms with Gasteiger partial charge in [-0.3, -0.25) is 0 Å². The fraction of sp³-hybridized carbons (Fsp3) is 0.438. The van der Waals surface area contributed by atoms with Crippen molar-refractivity contribution in [2.24, 2.45) is 0 Å². The van der Waals surface area contributed by atoms with E-state index in [9.17, 15) is 8.42 Å². The van der Waals surface area contributed by atoms with Crippen LogP contribution >= 0.6 is 23.1 Å². The summed E-state index contributed by atoms with van der Waals surface area (Å²) in [6.07, 6.45) is 4.99. The molecule has 1 fully saturated rings. The lowest BCUT2D eigenvalue weighted by Crippen LogP contribution is -2.37. The number of piperidine rings is 1. The van der Waals surface area contributed by atoms with Crippen molar-refractivity contribution in [1.29, 1.82) is 0 Å². The molecule has 0 unspecified atom stereocenters. The van der Waals surface area contributed by atoms with E-state index in [4.69, 9.17) is 11.6 Å². The highest BCUT2D eigenvalue weighted by molar-refractivity contribution is 7.91. The van der Waals surface area contributed by atoms with Crippen LogP contribution in [0.25, 0.3) is 5.65 Å². The van der Waals surface area contributed by atoms with E-state index in [2.05, 4.69) is 14.5 Å². The highest BCUT2D eigenvalue weighted by atomic mass is 35.5. The van der Waals surface area contributed by atoms with Crippen molar-refractivity contribution in [3.63, 3.8) is 0 Å². The number of hydrogen-bond donors (Lipinski definition) is 0. The fourth-order valence-corrected chi connectivity index (χ4v) is 6.21. The third kappa shape index (κ3) is 3.13. The van der Waals surface area contributed by atoms with Crippen LogP contribution < -0.4 is 0 Å². The van der Waals surface area contributed by atoms with Crippen LogP contribution in [-0.2, 0) is 15.9 Å². The molecule has 0 N–H and O–H groups in total. The van der Waals surface area contributed by atoms with Gasteiger partial charge in [-0.1, -0.05) is 0 Å². The standard InChI is InChI=1S/C16H18ClN5O2S2/c1-11-6-16(25-20-11)26(23,24)21-4-2-12(3-5-21)14-9-22-15(18-10-19-22)7-13(14)8-17/h6-7,9-10,12H,2-5,8H2,1H3. The Morgan fingerprint density at radius 3 is 2.73 bits per heavy atom.